The average Bonchev–Trinajstić information content (AvgIpc) is 2.93. The van der Waals surface area contributed by atoms with Crippen molar-refractivity contribution in [3.05, 3.63) is 24.2 Å². The molecule has 1 heterocycles. The third-order valence-corrected chi connectivity index (χ3v) is 2.54. The molecular weight excluding hydrogens is 194 g/mol. The van der Waals surface area contributed by atoms with Gasteiger partial charge in [0.2, 0.25) is 5.91 Å². The quantitative estimate of drug-likeness (QED) is 0.766. The maximum Gasteiger partial charge on any atom is 0.223 e. The van der Waals surface area contributed by atoms with Gasteiger partial charge in [-0.05, 0) is 31.4 Å². The van der Waals surface area contributed by atoms with E-state index in [1.54, 1.807) is 12.1 Å². The van der Waals surface area contributed by atoms with E-state index in [0.29, 0.717) is 18.7 Å². The van der Waals surface area contributed by atoms with Gasteiger partial charge in [-0.3, -0.25) is 4.79 Å². The first-order valence-electron chi connectivity index (χ1n) is 5.26. The zero-order valence-electron chi connectivity index (χ0n) is 8.48. The molecule has 4 nitrogen and oxygen atoms in total. The molecule has 1 aliphatic rings. The number of aliphatic hydroxyl groups is 1. The molecular formula is C11H15NO3. The van der Waals surface area contributed by atoms with E-state index < -0.39 is 6.10 Å². The summed E-state index contributed by atoms with van der Waals surface area (Å²) in [6.07, 6.45) is 3.41. The SMILES string of the molecule is O=C(NCC[C@H](O)c1ccco1)C1CC1. The van der Waals surface area contributed by atoms with E-state index in [2.05, 4.69) is 5.32 Å². The summed E-state index contributed by atoms with van der Waals surface area (Å²) in [5.41, 5.74) is 0. The number of amides is 1. The molecule has 1 amide bonds. The van der Waals surface area contributed by atoms with Crippen LogP contribution >= 0.6 is 0 Å². The van der Waals surface area contributed by atoms with Crippen LogP contribution in [0.15, 0.2) is 22.8 Å². The maximum absolute atomic E-state index is 11.3. The predicted molar refractivity (Wildman–Crippen MR) is 54.0 cm³/mol. The van der Waals surface area contributed by atoms with Crippen molar-refractivity contribution in [2.75, 3.05) is 6.54 Å². The van der Waals surface area contributed by atoms with Crippen LogP contribution in [0.5, 0.6) is 0 Å². The van der Waals surface area contributed by atoms with Crippen LogP contribution in [0.25, 0.3) is 0 Å². The van der Waals surface area contributed by atoms with Crippen molar-refractivity contribution in [3.8, 4) is 0 Å². The van der Waals surface area contributed by atoms with Crippen molar-refractivity contribution in [3.63, 3.8) is 0 Å². The molecule has 15 heavy (non-hydrogen) atoms. The fourth-order valence-corrected chi connectivity index (χ4v) is 1.45. The van der Waals surface area contributed by atoms with Crippen LogP contribution in [0.1, 0.15) is 31.1 Å². The van der Waals surface area contributed by atoms with E-state index in [0.717, 1.165) is 12.8 Å². The molecule has 1 aromatic heterocycles. The van der Waals surface area contributed by atoms with Gasteiger partial charge in [-0.15, -0.1) is 0 Å². The zero-order valence-corrected chi connectivity index (χ0v) is 8.48. The number of carbonyl (C=O) groups excluding carboxylic acids is 1. The molecule has 0 aliphatic heterocycles. The fraction of sp³-hybridized carbons (Fsp3) is 0.545. The largest absolute Gasteiger partial charge is 0.467 e. The van der Waals surface area contributed by atoms with Gasteiger partial charge >= 0.3 is 0 Å². The topological polar surface area (TPSA) is 62.5 Å². The third kappa shape index (κ3) is 2.83. The highest BCUT2D eigenvalue weighted by atomic mass is 16.4. The molecule has 0 unspecified atom stereocenters. The predicted octanol–water partition coefficient (Wildman–Crippen LogP) is 1.23. The molecule has 4 heteroatoms. The van der Waals surface area contributed by atoms with Crippen LogP contribution in [0.3, 0.4) is 0 Å². The maximum atomic E-state index is 11.3. The highest BCUT2D eigenvalue weighted by molar-refractivity contribution is 5.80. The Morgan fingerprint density at radius 2 is 2.47 bits per heavy atom. The highest BCUT2D eigenvalue weighted by Gasteiger charge is 2.29. The third-order valence-electron chi connectivity index (χ3n) is 2.54. The number of hydrogen-bond acceptors (Lipinski definition) is 3. The second kappa shape index (κ2) is 4.49. The van der Waals surface area contributed by atoms with Crippen LogP contribution in [0.2, 0.25) is 0 Å². The number of rotatable bonds is 5. The lowest BCUT2D eigenvalue weighted by Crippen LogP contribution is -2.26. The molecule has 82 valence electrons. The van der Waals surface area contributed by atoms with Crippen molar-refractivity contribution in [1.82, 2.24) is 5.32 Å². The molecule has 1 atom stereocenters. The summed E-state index contributed by atoms with van der Waals surface area (Å²) in [7, 11) is 0. The van der Waals surface area contributed by atoms with E-state index in [4.69, 9.17) is 4.42 Å². The van der Waals surface area contributed by atoms with Crippen LogP contribution < -0.4 is 5.32 Å². The lowest BCUT2D eigenvalue weighted by Gasteiger charge is -2.08. The molecule has 2 rings (SSSR count). The smallest absolute Gasteiger partial charge is 0.223 e. The van der Waals surface area contributed by atoms with Gasteiger partial charge < -0.3 is 14.8 Å². The van der Waals surface area contributed by atoms with Crippen LogP contribution in [-0.2, 0) is 4.79 Å². The molecule has 0 radical (unpaired) electrons. The summed E-state index contributed by atoms with van der Waals surface area (Å²) < 4.78 is 5.05. The standard InChI is InChI=1S/C11H15NO3/c13-9(10-2-1-7-15-10)5-6-12-11(14)8-3-4-8/h1-2,7-9,13H,3-6H2,(H,12,14)/t9-/m0/s1. The highest BCUT2D eigenvalue weighted by Crippen LogP contribution is 2.28. The summed E-state index contributed by atoms with van der Waals surface area (Å²) in [6.45, 7) is 0.497. The van der Waals surface area contributed by atoms with Crippen LogP contribution in [0.4, 0.5) is 0 Å². The number of furan rings is 1. The van der Waals surface area contributed by atoms with Gasteiger partial charge in [0.05, 0.1) is 6.26 Å². The normalized spacial score (nSPS) is 17.4. The van der Waals surface area contributed by atoms with Gasteiger partial charge in [0.25, 0.3) is 0 Å². The molecule has 1 fully saturated rings. The van der Waals surface area contributed by atoms with Gasteiger partial charge in [-0.25, -0.2) is 0 Å². The second-order valence-corrected chi connectivity index (χ2v) is 3.89. The van der Waals surface area contributed by atoms with Crippen molar-refractivity contribution in [1.29, 1.82) is 0 Å². The molecule has 1 aliphatic carbocycles. The van der Waals surface area contributed by atoms with Crippen molar-refractivity contribution < 1.29 is 14.3 Å². The Bertz CT molecular complexity index is 317. The molecule has 0 bridgehead atoms. The zero-order chi connectivity index (χ0) is 10.7. The first-order valence-corrected chi connectivity index (χ1v) is 5.26. The van der Waals surface area contributed by atoms with E-state index in [1.807, 2.05) is 0 Å². The molecule has 1 aromatic rings. The monoisotopic (exact) mass is 209 g/mol. The van der Waals surface area contributed by atoms with Crippen molar-refractivity contribution in [2.24, 2.45) is 5.92 Å². The molecule has 0 spiro atoms. The Labute approximate surface area is 88.3 Å². The summed E-state index contributed by atoms with van der Waals surface area (Å²) in [6, 6.07) is 3.47. The molecule has 1 saturated carbocycles. The van der Waals surface area contributed by atoms with Gasteiger partial charge in [0, 0.05) is 12.5 Å². The second-order valence-electron chi connectivity index (χ2n) is 3.89. The molecule has 0 saturated heterocycles. The Balaban J connectivity index is 1.67. The summed E-state index contributed by atoms with van der Waals surface area (Å²) in [5, 5.41) is 12.4. The summed E-state index contributed by atoms with van der Waals surface area (Å²) in [5.74, 6) is 0.892. The number of aliphatic hydroxyl groups excluding tert-OH is 1. The number of hydrogen-bond donors (Lipinski definition) is 2. The molecule has 0 aromatic carbocycles. The van der Waals surface area contributed by atoms with E-state index in [9.17, 15) is 9.90 Å². The molecule has 2 N–H and O–H groups in total. The number of nitrogens with one attached hydrogen (secondary N) is 1. The first kappa shape index (κ1) is 10.2. The Morgan fingerprint density at radius 1 is 1.67 bits per heavy atom. The minimum Gasteiger partial charge on any atom is -0.467 e. The minimum atomic E-state index is -0.625. The van der Waals surface area contributed by atoms with Crippen LogP contribution in [0, 0.1) is 5.92 Å². The Hall–Kier alpha value is -1.29. The minimum absolute atomic E-state index is 0.113. The van der Waals surface area contributed by atoms with E-state index in [1.165, 1.54) is 6.26 Å². The van der Waals surface area contributed by atoms with Crippen molar-refractivity contribution in [2.45, 2.75) is 25.4 Å². The van der Waals surface area contributed by atoms with E-state index in [-0.39, 0.29) is 11.8 Å². The van der Waals surface area contributed by atoms with Crippen LogP contribution in [-0.4, -0.2) is 17.6 Å². The van der Waals surface area contributed by atoms with Gasteiger partial charge in [0.15, 0.2) is 0 Å². The Morgan fingerprint density at radius 3 is 3.07 bits per heavy atom. The summed E-state index contributed by atoms with van der Waals surface area (Å²) in [4.78, 5) is 11.3. The van der Waals surface area contributed by atoms with E-state index >= 15 is 0 Å². The average molecular weight is 209 g/mol. The van der Waals surface area contributed by atoms with Gasteiger partial charge in [-0.1, -0.05) is 0 Å². The number of carbonyl (C=O) groups is 1. The fourth-order valence-electron chi connectivity index (χ4n) is 1.45. The van der Waals surface area contributed by atoms with Crippen molar-refractivity contribution >= 4 is 5.91 Å². The summed E-state index contributed by atoms with van der Waals surface area (Å²) >= 11 is 0. The lowest BCUT2D eigenvalue weighted by atomic mass is 10.2. The van der Waals surface area contributed by atoms with Gasteiger partial charge in [-0.2, -0.15) is 0 Å². The Kier molecular flexibility index (Phi) is 3.06. The first-order chi connectivity index (χ1) is 7.27. The van der Waals surface area contributed by atoms with Gasteiger partial charge in [0.1, 0.15) is 11.9 Å². The lowest BCUT2D eigenvalue weighted by molar-refractivity contribution is -0.122.